The molecule has 0 radical (unpaired) electrons. The van der Waals surface area contributed by atoms with Crippen molar-refractivity contribution < 1.29 is 27.8 Å². The van der Waals surface area contributed by atoms with Crippen LogP contribution < -0.4 is 10.2 Å². The van der Waals surface area contributed by atoms with Gasteiger partial charge in [-0.15, -0.1) is 0 Å². The first-order valence-electron chi connectivity index (χ1n) is 4.93. The molecule has 0 amide bonds. The summed E-state index contributed by atoms with van der Waals surface area (Å²) in [5.41, 5.74) is -1.81. The molecule has 19 heavy (non-hydrogen) atoms. The molecule has 0 atom stereocenters. The van der Waals surface area contributed by atoms with Crippen LogP contribution in [0.15, 0.2) is 23.1 Å². The highest BCUT2D eigenvalue weighted by Crippen LogP contribution is 2.25. The number of pyridine rings is 1. The van der Waals surface area contributed by atoms with Gasteiger partial charge in [-0.25, -0.2) is 9.18 Å². The predicted octanol–water partition coefficient (Wildman–Crippen LogP) is 1.97. The molecule has 0 aliphatic rings. The van der Waals surface area contributed by atoms with Crippen LogP contribution in [0.25, 0.3) is 10.9 Å². The van der Waals surface area contributed by atoms with Crippen molar-refractivity contribution in [3.63, 3.8) is 0 Å². The molecule has 2 rings (SSSR count). The van der Waals surface area contributed by atoms with Gasteiger partial charge in [0, 0.05) is 12.3 Å². The molecule has 0 aliphatic heterocycles. The molecular weight excluding hydrogens is 267 g/mol. The van der Waals surface area contributed by atoms with Crippen molar-refractivity contribution in [3.05, 3.63) is 39.9 Å². The highest BCUT2D eigenvalue weighted by atomic mass is 19.3. The van der Waals surface area contributed by atoms with Crippen molar-refractivity contribution in [2.75, 3.05) is 0 Å². The van der Waals surface area contributed by atoms with Crippen molar-refractivity contribution in [2.24, 2.45) is 0 Å². The monoisotopic (exact) mass is 273 g/mol. The second-order valence-corrected chi connectivity index (χ2v) is 3.54. The van der Waals surface area contributed by atoms with E-state index < -0.39 is 35.1 Å². The summed E-state index contributed by atoms with van der Waals surface area (Å²) in [6, 6.07) is 1.42. The van der Waals surface area contributed by atoms with Gasteiger partial charge in [0.2, 0.25) is 5.43 Å². The smallest absolute Gasteiger partial charge is 0.387 e. The summed E-state index contributed by atoms with van der Waals surface area (Å²) < 4.78 is 41.6. The number of H-pyrrole nitrogens is 1. The van der Waals surface area contributed by atoms with Crippen LogP contribution in [0.2, 0.25) is 0 Å². The quantitative estimate of drug-likeness (QED) is 0.896. The number of nitrogens with one attached hydrogen (secondary N) is 1. The van der Waals surface area contributed by atoms with E-state index in [2.05, 4.69) is 9.72 Å². The molecule has 0 saturated carbocycles. The highest BCUT2D eigenvalue weighted by Gasteiger charge is 2.17. The number of alkyl halides is 2. The van der Waals surface area contributed by atoms with Gasteiger partial charge in [-0.1, -0.05) is 0 Å². The lowest BCUT2D eigenvalue weighted by atomic mass is 10.1. The third-order valence-corrected chi connectivity index (χ3v) is 2.36. The van der Waals surface area contributed by atoms with Crippen molar-refractivity contribution in [2.45, 2.75) is 6.61 Å². The van der Waals surface area contributed by atoms with E-state index in [1.54, 1.807) is 0 Å². The number of halogens is 3. The topological polar surface area (TPSA) is 79.4 Å². The van der Waals surface area contributed by atoms with Crippen LogP contribution in [0.1, 0.15) is 10.4 Å². The van der Waals surface area contributed by atoms with E-state index in [1.165, 1.54) is 0 Å². The minimum absolute atomic E-state index is 0.197. The molecule has 2 N–H and O–H groups in total. The number of hydrogen-bond acceptors (Lipinski definition) is 3. The summed E-state index contributed by atoms with van der Waals surface area (Å²) in [7, 11) is 0. The minimum atomic E-state index is -3.20. The second-order valence-electron chi connectivity index (χ2n) is 3.54. The number of carboxylic acid groups (broad SMARTS) is 1. The molecular formula is C11H6F3NO4. The number of carboxylic acids is 1. The Hall–Kier alpha value is -2.51. The fourth-order valence-corrected chi connectivity index (χ4v) is 1.61. The Morgan fingerprint density at radius 1 is 1.37 bits per heavy atom. The zero-order chi connectivity index (χ0) is 14.2. The lowest BCUT2D eigenvalue weighted by Crippen LogP contribution is -2.16. The molecule has 1 aromatic heterocycles. The van der Waals surface area contributed by atoms with Crippen LogP contribution in [0.3, 0.4) is 0 Å². The number of aromatic nitrogens is 1. The largest absolute Gasteiger partial charge is 0.477 e. The van der Waals surface area contributed by atoms with Gasteiger partial charge in [0.1, 0.15) is 11.4 Å². The molecule has 0 unspecified atom stereocenters. The summed E-state index contributed by atoms with van der Waals surface area (Å²) in [6.07, 6.45) is 0.837. The molecule has 5 nitrogen and oxygen atoms in total. The number of aromatic amines is 1. The van der Waals surface area contributed by atoms with E-state index in [4.69, 9.17) is 5.11 Å². The van der Waals surface area contributed by atoms with E-state index in [9.17, 15) is 22.8 Å². The van der Waals surface area contributed by atoms with Crippen molar-refractivity contribution in [1.29, 1.82) is 0 Å². The maximum atomic E-state index is 13.2. The van der Waals surface area contributed by atoms with Gasteiger partial charge in [0.05, 0.1) is 10.9 Å². The molecule has 0 saturated heterocycles. The van der Waals surface area contributed by atoms with E-state index in [-0.39, 0.29) is 10.9 Å². The van der Waals surface area contributed by atoms with Crippen LogP contribution >= 0.6 is 0 Å². The summed E-state index contributed by atoms with van der Waals surface area (Å²) in [5.74, 6) is -3.07. The second kappa shape index (κ2) is 4.63. The molecule has 0 fully saturated rings. The Kier molecular flexibility index (Phi) is 3.16. The van der Waals surface area contributed by atoms with Gasteiger partial charge in [-0.2, -0.15) is 8.78 Å². The molecule has 100 valence electrons. The van der Waals surface area contributed by atoms with Crippen LogP contribution in [-0.4, -0.2) is 22.7 Å². The third kappa shape index (κ3) is 2.37. The molecule has 8 heteroatoms. The number of ether oxygens (including phenoxy) is 1. The van der Waals surface area contributed by atoms with Crippen molar-refractivity contribution >= 4 is 16.9 Å². The molecule has 0 aliphatic carbocycles. The minimum Gasteiger partial charge on any atom is -0.477 e. The Balaban J connectivity index is 2.78. The van der Waals surface area contributed by atoms with Gasteiger partial charge in [0.25, 0.3) is 0 Å². The highest BCUT2D eigenvalue weighted by molar-refractivity contribution is 5.93. The summed E-state index contributed by atoms with van der Waals surface area (Å²) in [5, 5.41) is 8.37. The van der Waals surface area contributed by atoms with Crippen LogP contribution in [0, 0.1) is 5.82 Å². The molecule has 1 aromatic carbocycles. The normalized spacial score (nSPS) is 10.9. The Morgan fingerprint density at radius 2 is 2.05 bits per heavy atom. The van der Waals surface area contributed by atoms with Gasteiger partial charge in [-0.05, 0) is 6.07 Å². The van der Waals surface area contributed by atoms with E-state index in [0.717, 1.165) is 12.3 Å². The number of hydrogen-bond donors (Lipinski definition) is 2. The standard InChI is InChI=1S/C11H6F3NO4/c12-4-1-5-8(7(2-4)19-11(13)14)15-3-6(9(5)16)10(17)18/h1-3,11H,(H,15,16)(H,17,18). The molecule has 0 bridgehead atoms. The van der Waals surface area contributed by atoms with Gasteiger partial charge < -0.3 is 14.8 Å². The van der Waals surface area contributed by atoms with E-state index in [0.29, 0.717) is 6.07 Å². The summed E-state index contributed by atoms with van der Waals surface area (Å²) >= 11 is 0. The maximum Gasteiger partial charge on any atom is 0.387 e. The van der Waals surface area contributed by atoms with Crippen molar-refractivity contribution in [1.82, 2.24) is 4.98 Å². The SMILES string of the molecule is O=C(O)c1c[nH]c2c(OC(F)F)cc(F)cc2c1=O. The average Bonchev–Trinajstić information content (AvgIpc) is 2.29. The number of fused-ring (bicyclic) bond motifs is 1. The summed E-state index contributed by atoms with van der Waals surface area (Å²) in [4.78, 5) is 24.8. The average molecular weight is 273 g/mol. The fourth-order valence-electron chi connectivity index (χ4n) is 1.61. The molecule has 0 spiro atoms. The van der Waals surface area contributed by atoms with E-state index >= 15 is 0 Å². The van der Waals surface area contributed by atoms with Gasteiger partial charge in [0.15, 0.2) is 5.75 Å². The summed E-state index contributed by atoms with van der Waals surface area (Å²) in [6.45, 7) is -3.20. The lowest BCUT2D eigenvalue weighted by molar-refractivity contribution is -0.0490. The maximum absolute atomic E-state index is 13.2. The Labute approximate surface area is 103 Å². The third-order valence-electron chi connectivity index (χ3n) is 2.36. The first-order chi connectivity index (χ1) is 8.90. The van der Waals surface area contributed by atoms with Crippen LogP contribution in [0.5, 0.6) is 5.75 Å². The Morgan fingerprint density at radius 3 is 2.63 bits per heavy atom. The molecule has 1 heterocycles. The number of benzene rings is 1. The predicted molar refractivity (Wildman–Crippen MR) is 58.1 cm³/mol. The van der Waals surface area contributed by atoms with Crippen LogP contribution in [-0.2, 0) is 0 Å². The number of carbonyl (C=O) groups is 1. The van der Waals surface area contributed by atoms with E-state index in [1.807, 2.05) is 0 Å². The fraction of sp³-hybridized carbons (Fsp3) is 0.0909. The first kappa shape index (κ1) is 12.9. The Bertz CT molecular complexity index is 711. The van der Waals surface area contributed by atoms with Gasteiger partial charge in [-0.3, -0.25) is 4.79 Å². The zero-order valence-electron chi connectivity index (χ0n) is 9.12. The van der Waals surface area contributed by atoms with Crippen molar-refractivity contribution in [3.8, 4) is 5.75 Å². The number of aromatic carboxylic acids is 1. The number of rotatable bonds is 3. The molecule has 2 aromatic rings. The van der Waals surface area contributed by atoms with Crippen LogP contribution in [0.4, 0.5) is 13.2 Å². The van der Waals surface area contributed by atoms with Gasteiger partial charge >= 0.3 is 12.6 Å². The zero-order valence-corrected chi connectivity index (χ0v) is 9.12. The first-order valence-corrected chi connectivity index (χ1v) is 4.93. The lowest BCUT2D eigenvalue weighted by Gasteiger charge is -2.08.